The Morgan fingerprint density at radius 3 is 1.39 bits per heavy atom. The fourth-order valence-corrected chi connectivity index (χ4v) is 14.0. The van der Waals surface area contributed by atoms with Crippen LogP contribution >= 0.6 is 0 Å². The lowest BCUT2D eigenvalue weighted by atomic mass is 10.1. The summed E-state index contributed by atoms with van der Waals surface area (Å²) < 4.78 is 128. The van der Waals surface area contributed by atoms with Gasteiger partial charge in [0.15, 0.2) is 16.9 Å². The molecule has 0 amide bonds. The molecule has 1 aliphatic carbocycles. The van der Waals surface area contributed by atoms with Crippen molar-refractivity contribution >= 4 is 50.6 Å². The quantitative estimate of drug-likeness (QED) is 0.0486. The number of anilines is 3. The van der Waals surface area contributed by atoms with Crippen molar-refractivity contribution in [2.45, 2.75) is 96.2 Å². The van der Waals surface area contributed by atoms with Crippen LogP contribution in [-0.4, -0.2) is 100 Å². The maximum absolute atomic E-state index is 15.4. The van der Waals surface area contributed by atoms with Crippen LogP contribution in [0.2, 0.25) is 0 Å². The van der Waals surface area contributed by atoms with Crippen LogP contribution in [-0.2, 0) is 36.3 Å². The lowest BCUT2D eigenvalue weighted by Crippen LogP contribution is -2.20. The number of ether oxygens (including phenoxy) is 8. The minimum atomic E-state index is -2.23. The molecule has 1 saturated carbocycles. The Bertz CT molecular complexity index is 5980. The van der Waals surface area contributed by atoms with Crippen LogP contribution in [0.25, 0.3) is 66.9 Å². The molecule has 0 radical (unpaired) electrons. The molecular formula is C84H78F4N18O8. The second kappa shape index (κ2) is 33.6. The van der Waals surface area contributed by atoms with Crippen LogP contribution in [0.4, 0.5) is 35.0 Å². The van der Waals surface area contributed by atoms with Gasteiger partial charge in [0.2, 0.25) is 0 Å². The van der Waals surface area contributed by atoms with Crippen LogP contribution in [0.5, 0.6) is 51.7 Å². The monoisotopic (exact) mass is 1540 g/mol. The van der Waals surface area contributed by atoms with Gasteiger partial charge in [-0.2, -0.15) is 15.3 Å². The number of hydrogen-bond acceptors (Lipinski definition) is 21. The van der Waals surface area contributed by atoms with Crippen molar-refractivity contribution in [1.29, 1.82) is 0 Å². The fraction of sp³-hybridized carbons (Fsp3) is 0.238. The molecule has 3 aliphatic rings. The number of nitrogens with zero attached hydrogens (tertiary/aromatic N) is 14. The van der Waals surface area contributed by atoms with Gasteiger partial charge in [0, 0.05) is 141 Å². The third kappa shape index (κ3) is 17.0. The SMILES string of the molecule is Cn1cccc1COc1cc(F)cc(Oc2ccc(-c3nn(C4CCCC4)c4ncnc(N)c34)c(F)c2)c1.Nc1ncnc2c1c(-c1ccc(Oc3cc(F)cc(OCc4ccc[nH]4)c3)cc1)nn2C1CCOCC1.[2H]C([2H])(Oc1cc(F)cc(Oc2ccc(-c3nn(C4CCOCC4)c4ncnc(N)c34)cc2)c1)c1ccc(C)nc1. The lowest BCUT2D eigenvalue weighted by Gasteiger charge is -2.22. The number of nitrogen functional groups attached to an aromatic ring is 3. The molecule has 15 aromatic rings. The molecule has 6 aromatic carbocycles. The number of aromatic amines is 1. The highest BCUT2D eigenvalue weighted by Gasteiger charge is 2.29. The molecule has 2 saturated heterocycles. The Morgan fingerprint density at radius 1 is 0.465 bits per heavy atom. The number of fused-ring (bicyclic) bond motifs is 3. The summed E-state index contributed by atoms with van der Waals surface area (Å²) >= 11 is 0. The lowest BCUT2D eigenvalue weighted by molar-refractivity contribution is 0.0673. The molecule has 7 N–H and O–H groups in total. The van der Waals surface area contributed by atoms with Gasteiger partial charge in [-0.05, 0) is 136 Å². The number of nitrogens with two attached hydrogens (primary N) is 3. The zero-order valence-electron chi connectivity index (χ0n) is 63.9. The number of rotatable bonds is 21. The van der Waals surface area contributed by atoms with E-state index < -0.39 is 29.8 Å². The molecule has 3 fully saturated rings. The van der Waals surface area contributed by atoms with E-state index in [1.54, 1.807) is 67.6 Å². The van der Waals surface area contributed by atoms with E-state index in [1.807, 2.05) is 86.6 Å². The van der Waals surface area contributed by atoms with Gasteiger partial charge in [0.05, 0.1) is 48.4 Å². The van der Waals surface area contributed by atoms with E-state index in [4.69, 9.17) is 73.1 Å². The fourth-order valence-electron chi connectivity index (χ4n) is 14.0. The van der Waals surface area contributed by atoms with E-state index in [0.717, 1.165) is 91.0 Å². The first-order valence-corrected chi connectivity index (χ1v) is 37.0. The standard InChI is InChI=1S/C29H27FN6O3.C28H26F2N6O2.C27H25FN6O3/c1-18-2-3-19(15-32-18)16-38-24-12-21(30)13-25(14-24)39-23-6-4-20(5-7-23)27-26-28(31)33-17-34-29(26)36(35-27)22-8-10-37-11-9-22;1-35-10-4-7-19(35)15-37-21-11-17(29)12-22(13-21)38-20-8-9-23(24(30)14-20)26-25-27(31)32-16-33-28(25)36(34-26)18-5-2-3-6-18;28-18-12-22(36-15-19-2-1-9-30-19)14-23(13-18)37-21-5-3-17(4-6-21)25-24-26(29)31-16-32-27(24)34(33-25)20-7-10-35-11-8-20/h2-7,12-15,17,22H,8-11,16H2,1H3,(H2,31,33,34);4,7-14,16,18H,2-3,5-6,15H2,1H3,(H2,31,32,33);1-6,9,12-14,16,20,30H,7-8,10-11,15H2,(H2,29,31,32)/i16D2;;. The highest BCUT2D eigenvalue weighted by molar-refractivity contribution is 6.00. The third-order valence-corrected chi connectivity index (χ3v) is 19.7. The number of aromatic nitrogens is 15. The molecule has 26 nitrogen and oxygen atoms in total. The molecule has 2 aliphatic heterocycles. The van der Waals surface area contributed by atoms with Crippen molar-refractivity contribution in [3.05, 3.63) is 241 Å². The maximum Gasteiger partial charge on any atom is 0.164 e. The van der Waals surface area contributed by atoms with E-state index in [1.165, 1.54) is 67.6 Å². The first-order chi connectivity index (χ1) is 56.4. The highest BCUT2D eigenvalue weighted by atomic mass is 19.1. The molecule has 30 heteroatoms. The molecule has 11 heterocycles. The molecule has 9 aromatic heterocycles. The van der Waals surface area contributed by atoms with Gasteiger partial charge in [0.1, 0.15) is 148 Å². The van der Waals surface area contributed by atoms with Crippen molar-refractivity contribution < 1.29 is 58.2 Å². The van der Waals surface area contributed by atoms with E-state index in [2.05, 4.69) is 39.9 Å². The summed E-state index contributed by atoms with van der Waals surface area (Å²) in [5.74, 6) is 1.32. The van der Waals surface area contributed by atoms with Crippen molar-refractivity contribution in [1.82, 2.24) is 73.8 Å². The molecule has 0 unspecified atom stereocenters. The van der Waals surface area contributed by atoms with E-state index >= 15 is 4.39 Å². The first-order valence-electron chi connectivity index (χ1n) is 38.0. The largest absolute Gasteiger partial charge is 0.489 e. The van der Waals surface area contributed by atoms with Gasteiger partial charge in [0.25, 0.3) is 0 Å². The van der Waals surface area contributed by atoms with Crippen LogP contribution in [0, 0.1) is 30.2 Å². The Labute approximate surface area is 653 Å². The van der Waals surface area contributed by atoms with Crippen LogP contribution in [0.15, 0.2) is 195 Å². The van der Waals surface area contributed by atoms with E-state index in [-0.39, 0.29) is 64.7 Å². The molecule has 114 heavy (non-hydrogen) atoms. The third-order valence-electron chi connectivity index (χ3n) is 19.7. The maximum atomic E-state index is 15.4. The van der Waals surface area contributed by atoms with Crippen LogP contribution in [0.3, 0.4) is 0 Å². The number of aryl methyl sites for hydroxylation is 2. The summed E-state index contributed by atoms with van der Waals surface area (Å²) in [4.78, 5) is 33.0. The minimum absolute atomic E-state index is 0.0252. The first kappa shape index (κ1) is 72.1. The number of nitrogens with one attached hydrogen (secondary N) is 1. The van der Waals surface area contributed by atoms with Gasteiger partial charge in [-0.15, -0.1) is 0 Å². The Morgan fingerprint density at radius 2 is 0.921 bits per heavy atom. The number of H-pyrrole nitrogens is 1. The predicted molar refractivity (Wildman–Crippen MR) is 419 cm³/mol. The van der Waals surface area contributed by atoms with Crippen LogP contribution in [0.1, 0.15) is 94.9 Å². The van der Waals surface area contributed by atoms with Crippen molar-refractivity contribution in [2.75, 3.05) is 43.6 Å². The number of benzene rings is 6. The second-order valence-electron chi connectivity index (χ2n) is 27.5. The van der Waals surface area contributed by atoms with Crippen molar-refractivity contribution in [3.8, 4) is 85.5 Å². The highest BCUT2D eigenvalue weighted by Crippen LogP contribution is 2.42. The molecule has 580 valence electrons. The van der Waals surface area contributed by atoms with Gasteiger partial charge >= 0.3 is 0 Å². The van der Waals surface area contributed by atoms with Crippen molar-refractivity contribution in [3.63, 3.8) is 0 Å². The molecular weight excluding hydrogens is 1470 g/mol. The minimum Gasteiger partial charge on any atom is -0.489 e. The Hall–Kier alpha value is -13.5. The number of pyridine rings is 1. The summed E-state index contributed by atoms with van der Waals surface area (Å²) in [6.45, 7) is 2.84. The molecule has 0 bridgehead atoms. The summed E-state index contributed by atoms with van der Waals surface area (Å²) in [7, 11) is 1.90. The smallest absolute Gasteiger partial charge is 0.164 e. The number of halogens is 4. The Balaban J connectivity index is 0.000000131. The second-order valence-corrected chi connectivity index (χ2v) is 27.5. The summed E-state index contributed by atoms with van der Waals surface area (Å²) in [5.41, 5.74) is 27.1. The zero-order valence-corrected chi connectivity index (χ0v) is 61.9. The summed E-state index contributed by atoms with van der Waals surface area (Å²) in [5, 5.41) is 16.4. The van der Waals surface area contributed by atoms with Gasteiger partial charge in [-0.25, -0.2) is 61.5 Å². The summed E-state index contributed by atoms with van der Waals surface area (Å²) in [6.07, 6.45) is 17.0. The van der Waals surface area contributed by atoms with Crippen LogP contribution < -0.4 is 45.6 Å². The van der Waals surface area contributed by atoms with Gasteiger partial charge in [-0.1, -0.05) is 18.9 Å². The topological polar surface area (TPSA) is 316 Å². The van der Waals surface area contributed by atoms with E-state index in [9.17, 15) is 13.2 Å². The normalized spacial score (nSPS) is 14.4. The number of hydrogen-bond donors (Lipinski definition) is 4. The Kier molecular flexibility index (Phi) is 21.3. The average molecular weight is 1550 g/mol. The molecule has 18 rings (SSSR count). The van der Waals surface area contributed by atoms with E-state index in [0.29, 0.717) is 118 Å². The van der Waals surface area contributed by atoms with Crippen molar-refractivity contribution in [2.24, 2.45) is 7.05 Å². The average Bonchev–Trinajstić information content (AvgIpc) is 1.62. The van der Waals surface area contributed by atoms with Gasteiger partial charge < -0.3 is 64.6 Å². The predicted octanol–water partition coefficient (Wildman–Crippen LogP) is 17.1. The zero-order chi connectivity index (χ0) is 80.0. The van der Waals surface area contributed by atoms with Gasteiger partial charge in [-0.3, -0.25) is 4.98 Å². The summed E-state index contributed by atoms with van der Waals surface area (Å²) in [6, 6.07) is 42.4. The molecule has 0 spiro atoms. The molecule has 0 atom stereocenters.